The highest BCUT2D eigenvalue weighted by atomic mass is 16.3. The van der Waals surface area contributed by atoms with Gasteiger partial charge in [-0.2, -0.15) is 0 Å². The van der Waals surface area contributed by atoms with Gasteiger partial charge in [0.1, 0.15) is 0 Å². The monoisotopic (exact) mass is 338 g/mol. The summed E-state index contributed by atoms with van der Waals surface area (Å²) in [5, 5.41) is 16.3. The average molecular weight is 338 g/mol. The van der Waals surface area contributed by atoms with Gasteiger partial charge in [-0.05, 0) is 58.7 Å². The van der Waals surface area contributed by atoms with Crippen molar-refractivity contribution in [3.8, 4) is 0 Å². The van der Waals surface area contributed by atoms with Crippen molar-refractivity contribution >= 4 is 6.03 Å². The molecule has 24 heavy (non-hydrogen) atoms. The van der Waals surface area contributed by atoms with Crippen molar-refractivity contribution in [3.05, 3.63) is 0 Å². The Morgan fingerprint density at radius 3 is 2.33 bits per heavy atom. The topological polar surface area (TPSA) is 67.8 Å². The Morgan fingerprint density at radius 1 is 1.08 bits per heavy atom. The maximum Gasteiger partial charge on any atom is 0.315 e. The molecule has 0 spiro atoms. The summed E-state index contributed by atoms with van der Waals surface area (Å²) in [7, 11) is 2.20. The number of hydrogen-bond acceptors (Lipinski definition) is 4. The Morgan fingerprint density at radius 2 is 1.71 bits per heavy atom. The Bertz CT molecular complexity index is 409. The maximum atomic E-state index is 12.1. The van der Waals surface area contributed by atoms with E-state index in [4.69, 9.17) is 0 Å². The first kappa shape index (κ1) is 18.0. The van der Waals surface area contributed by atoms with E-state index in [1.165, 1.54) is 25.9 Å². The normalized spacial score (nSPS) is 27.2. The summed E-state index contributed by atoms with van der Waals surface area (Å²) in [6, 6.07) is 0.881. The second-order valence-electron chi connectivity index (χ2n) is 8.10. The van der Waals surface area contributed by atoms with Crippen molar-refractivity contribution in [3.63, 3.8) is 0 Å². The maximum absolute atomic E-state index is 12.1. The molecule has 0 atom stereocenters. The molecule has 3 aliphatic rings. The second-order valence-corrected chi connectivity index (χ2v) is 8.10. The first-order chi connectivity index (χ1) is 11.5. The zero-order valence-corrected chi connectivity index (χ0v) is 15.1. The Balaban J connectivity index is 1.33. The number of rotatable bonds is 4. The standard InChI is InChI=1S/C18H34N4O2/c1-21-10-6-16(7-11-21)22-12-4-15(5-13-22)20-17(23)19-14-18(24)8-2-3-9-18/h15-16,24H,2-14H2,1H3,(H2,19,20,23). The Kier molecular flexibility index (Phi) is 6.00. The van der Waals surface area contributed by atoms with Crippen molar-refractivity contribution in [2.45, 2.75) is 69.1 Å². The van der Waals surface area contributed by atoms with Crippen LogP contribution in [0.3, 0.4) is 0 Å². The van der Waals surface area contributed by atoms with E-state index in [1.807, 2.05) is 0 Å². The van der Waals surface area contributed by atoms with Crippen LogP contribution >= 0.6 is 0 Å². The van der Waals surface area contributed by atoms with E-state index in [2.05, 4.69) is 27.5 Å². The van der Waals surface area contributed by atoms with Gasteiger partial charge in [0, 0.05) is 31.7 Å². The molecule has 0 aromatic carbocycles. The summed E-state index contributed by atoms with van der Waals surface area (Å²) in [6.45, 7) is 4.96. The molecule has 2 amide bonds. The number of amides is 2. The minimum absolute atomic E-state index is 0.118. The lowest BCUT2D eigenvalue weighted by atomic mass is 9.98. The number of nitrogens with one attached hydrogen (secondary N) is 2. The van der Waals surface area contributed by atoms with Gasteiger partial charge in [-0.3, -0.25) is 0 Å². The summed E-state index contributed by atoms with van der Waals surface area (Å²) in [5.41, 5.74) is -0.672. The van der Waals surface area contributed by atoms with Gasteiger partial charge in [0.2, 0.25) is 0 Å². The molecule has 1 aliphatic carbocycles. The molecule has 2 saturated heterocycles. The lowest BCUT2D eigenvalue weighted by Gasteiger charge is -2.41. The Labute approximate surface area is 146 Å². The van der Waals surface area contributed by atoms with Crippen LogP contribution in [0.4, 0.5) is 4.79 Å². The van der Waals surface area contributed by atoms with E-state index in [9.17, 15) is 9.90 Å². The molecule has 1 saturated carbocycles. The summed E-state index contributed by atoms with van der Waals surface area (Å²) in [4.78, 5) is 17.1. The van der Waals surface area contributed by atoms with E-state index < -0.39 is 5.60 Å². The average Bonchev–Trinajstić information content (AvgIpc) is 3.02. The van der Waals surface area contributed by atoms with Crippen LogP contribution in [0.5, 0.6) is 0 Å². The van der Waals surface area contributed by atoms with Gasteiger partial charge in [0.25, 0.3) is 0 Å². The quantitative estimate of drug-likeness (QED) is 0.719. The van der Waals surface area contributed by atoms with Crippen molar-refractivity contribution in [2.24, 2.45) is 0 Å². The summed E-state index contributed by atoms with van der Waals surface area (Å²) in [5.74, 6) is 0. The van der Waals surface area contributed by atoms with Gasteiger partial charge in [0.15, 0.2) is 0 Å². The van der Waals surface area contributed by atoms with Crippen LogP contribution in [0, 0.1) is 0 Å². The lowest BCUT2D eigenvalue weighted by molar-refractivity contribution is 0.0497. The van der Waals surface area contributed by atoms with Crippen LogP contribution in [0.1, 0.15) is 51.4 Å². The van der Waals surface area contributed by atoms with Gasteiger partial charge in [-0.1, -0.05) is 12.8 Å². The smallest absolute Gasteiger partial charge is 0.315 e. The largest absolute Gasteiger partial charge is 0.388 e. The first-order valence-electron chi connectivity index (χ1n) is 9.73. The highest BCUT2D eigenvalue weighted by Crippen LogP contribution is 2.28. The van der Waals surface area contributed by atoms with Crippen molar-refractivity contribution in [2.75, 3.05) is 39.8 Å². The molecule has 3 rings (SSSR count). The van der Waals surface area contributed by atoms with Crippen molar-refractivity contribution in [1.82, 2.24) is 20.4 Å². The van der Waals surface area contributed by atoms with Crippen molar-refractivity contribution < 1.29 is 9.90 Å². The highest BCUT2D eigenvalue weighted by molar-refractivity contribution is 5.74. The molecule has 138 valence electrons. The number of urea groups is 1. The molecular weight excluding hydrogens is 304 g/mol. The zero-order chi connectivity index (χ0) is 17.0. The van der Waals surface area contributed by atoms with E-state index in [0.717, 1.165) is 57.7 Å². The number of nitrogens with zero attached hydrogens (tertiary/aromatic N) is 2. The van der Waals surface area contributed by atoms with Crippen LogP contribution in [-0.4, -0.2) is 78.4 Å². The predicted octanol–water partition coefficient (Wildman–Crippen LogP) is 1.15. The van der Waals surface area contributed by atoms with Crippen LogP contribution < -0.4 is 10.6 Å². The third kappa shape index (κ3) is 4.83. The third-order valence-corrected chi connectivity index (χ3v) is 6.18. The number of carbonyl (C=O) groups excluding carboxylic acids is 1. The molecule has 6 heteroatoms. The number of carbonyl (C=O) groups is 1. The van der Waals surface area contributed by atoms with Gasteiger partial charge >= 0.3 is 6.03 Å². The fourth-order valence-corrected chi connectivity index (χ4v) is 4.46. The van der Waals surface area contributed by atoms with E-state index in [0.29, 0.717) is 6.54 Å². The molecule has 0 aromatic heterocycles. The molecule has 0 radical (unpaired) electrons. The molecule has 2 heterocycles. The van der Waals surface area contributed by atoms with E-state index >= 15 is 0 Å². The first-order valence-corrected chi connectivity index (χ1v) is 9.73. The van der Waals surface area contributed by atoms with E-state index in [-0.39, 0.29) is 12.1 Å². The molecule has 6 nitrogen and oxygen atoms in total. The highest BCUT2D eigenvalue weighted by Gasteiger charge is 2.32. The third-order valence-electron chi connectivity index (χ3n) is 6.18. The van der Waals surface area contributed by atoms with Gasteiger partial charge in [-0.15, -0.1) is 0 Å². The predicted molar refractivity (Wildman–Crippen MR) is 95.1 cm³/mol. The molecule has 3 fully saturated rings. The molecule has 0 bridgehead atoms. The number of aliphatic hydroxyl groups is 1. The van der Waals surface area contributed by atoms with Gasteiger partial charge in [-0.25, -0.2) is 4.79 Å². The second kappa shape index (κ2) is 8.02. The van der Waals surface area contributed by atoms with Gasteiger partial charge in [0.05, 0.1) is 5.60 Å². The molecule has 2 aliphatic heterocycles. The van der Waals surface area contributed by atoms with Gasteiger partial charge < -0.3 is 25.5 Å². The Hall–Kier alpha value is -0.850. The molecular formula is C18H34N4O2. The van der Waals surface area contributed by atoms with Crippen LogP contribution in [0.25, 0.3) is 0 Å². The number of likely N-dealkylation sites (tertiary alicyclic amines) is 2. The molecule has 0 unspecified atom stereocenters. The zero-order valence-electron chi connectivity index (χ0n) is 15.1. The number of piperidine rings is 2. The van der Waals surface area contributed by atoms with E-state index in [1.54, 1.807) is 0 Å². The SMILES string of the molecule is CN1CCC(N2CCC(NC(=O)NCC3(O)CCCC3)CC2)CC1. The summed E-state index contributed by atoms with van der Waals surface area (Å²) < 4.78 is 0. The fourth-order valence-electron chi connectivity index (χ4n) is 4.46. The fraction of sp³-hybridized carbons (Fsp3) is 0.944. The summed E-state index contributed by atoms with van der Waals surface area (Å²) in [6.07, 6.45) is 8.35. The minimum atomic E-state index is -0.672. The van der Waals surface area contributed by atoms with Crippen LogP contribution in [0.15, 0.2) is 0 Å². The molecule has 0 aromatic rings. The lowest BCUT2D eigenvalue weighted by Crippen LogP contribution is -2.53. The van der Waals surface area contributed by atoms with Crippen LogP contribution in [0.2, 0.25) is 0 Å². The van der Waals surface area contributed by atoms with Crippen molar-refractivity contribution in [1.29, 1.82) is 0 Å². The number of hydrogen-bond donors (Lipinski definition) is 3. The minimum Gasteiger partial charge on any atom is -0.388 e. The summed E-state index contributed by atoms with van der Waals surface area (Å²) >= 11 is 0. The molecule has 3 N–H and O–H groups in total. The van der Waals surface area contributed by atoms with Crippen LogP contribution in [-0.2, 0) is 0 Å².